The summed E-state index contributed by atoms with van der Waals surface area (Å²) in [5, 5.41) is 24.0. The molecule has 7 nitrogen and oxygen atoms in total. The van der Waals surface area contributed by atoms with Crippen LogP contribution in [0.3, 0.4) is 0 Å². The predicted molar refractivity (Wildman–Crippen MR) is 93.6 cm³/mol. The van der Waals surface area contributed by atoms with Crippen molar-refractivity contribution in [1.29, 1.82) is 0 Å². The summed E-state index contributed by atoms with van der Waals surface area (Å²) in [5.41, 5.74) is -0.0395. The highest BCUT2D eigenvalue weighted by atomic mass is 35.5. The van der Waals surface area contributed by atoms with E-state index < -0.39 is 37.9 Å². The number of allylic oxidation sites excluding steroid dienone is 1. The smallest absolute Gasteiger partial charge is 0.319 e. The zero-order valence-electron chi connectivity index (χ0n) is 13.3. The van der Waals surface area contributed by atoms with Gasteiger partial charge in [-0.2, -0.15) is 0 Å². The van der Waals surface area contributed by atoms with Crippen LogP contribution < -0.4 is 10.6 Å². The van der Waals surface area contributed by atoms with E-state index in [0.717, 1.165) is 12.8 Å². The molecule has 0 saturated heterocycles. The van der Waals surface area contributed by atoms with Crippen LogP contribution in [0.25, 0.3) is 0 Å². The van der Waals surface area contributed by atoms with Crippen molar-refractivity contribution in [3.05, 3.63) is 29.3 Å². The third-order valence-electron chi connectivity index (χ3n) is 4.45. The molecule has 0 aliphatic heterocycles. The minimum Gasteiger partial charge on any atom is -0.504 e. The van der Waals surface area contributed by atoms with Gasteiger partial charge in [-0.05, 0) is 37.8 Å². The summed E-state index contributed by atoms with van der Waals surface area (Å²) in [4.78, 5) is 11.6. The van der Waals surface area contributed by atoms with Crippen molar-refractivity contribution in [2.45, 2.75) is 48.0 Å². The largest absolute Gasteiger partial charge is 0.504 e. The van der Waals surface area contributed by atoms with Crippen molar-refractivity contribution in [3.63, 3.8) is 0 Å². The Bertz CT molecular complexity index is 818. The van der Waals surface area contributed by atoms with E-state index in [1.807, 2.05) is 12.2 Å². The van der Waals surface area contributed by atoms with E-state index >= 15 is 0 Å². The molecule has 1 saturated carbocycles. The number of anilines is 1. The van der Waals surface area contributed by atoms with Crippen molar-refractivity contribution in [1.82, 2.24) is 5.32 Å². The Morgan fingerprint density at radius 1 is 1.28 bits per heavy atom. The molecule has 0 aromatic heterocycles. The maximum atomic E-state index is 12.6. The Kier molecular flexibility index (Phi) is 4.95. The van der Waals surface area contributed by atoms with Gasteiger partial charge in [-0.15, -0.1) is 0 Å². The van der Waals surface area contributed by atoms with Gasteiger partial charge in [0.15, 0.2) is 15.6 Å². The number of hydrogen-bond acceptors (Lipinski definition) is 5. The summed E-state index contributed by atoms with van der Waals surface area (Å²) >= 11 is 5.98. The summed E-state index contributed by atoms with van der Waals surface area (Å²) < 4.78 is 25.3. The number of benzene rings is 1. The minimum absolute atomic E-state index is 0.0395. The molecule has 1 aromatic carbocycles. The number of phenolic OH excluding ortho intramolecular Hbond substituents is 1. The van der Waals surface area contributed by atoms with Crippen molar-refractivity contribution >= 4 is 33.2 Å². The number of amides is 2. The molecule has 1 atom stereocenters. The van der Waals surface area contributed by atoms with E-state index in [1.54, 1.807) is 0 Å². The van der Waals surface area contributed by atoms with Crippen LogP contribution in [0.15, 0.2) is 29.2 Å². The SMILES string of the molecule is O=C(Nc1ccc(Cl)c(S(=O)(=O)C2CC(O)C2)c1O)NC1C=CCC1. The highest BCUT2D eigenvalue weighted by Crippen LogP contribution is 2.42. The van der Waals surface area contributed by atoms with Gasteiger partial charge in [0.1, 0.15) is 4.90 Å². The maximum Gasteiger partial charge on any atom is 0.319 e. The second kappa shape index (κ2) is 6.86. The van der Waals surface area contributed by atoms with Gasteiger partial charge in [-0.1, -0.05) is 23.8 Å². The van der Waals surface area contributed by atoms with Gasteiger partial charge < -0.3 is 20.8 Å². The first-order chi connectivity index (χ1) is 11.8. The van der Waals surface area contributed by atoms with Gasteiger partial charge in [0.2, 0.25) is 0 Å². The lowest BCUT2D eigenvalue weighted by atomic mass is 9.96. The van der Waals surface area contributed by atoms with Gasteiger partial charge in [-0.25, -0.2) is 13.2 Å². The molecule has 2 aliphatic carbocycles. The predicted octanol–water partition coefficient (Wildman–Crippen LogP) is 2.18. The Morgan fingerprint density at radius 2 is 2.00 bits per heavy atom. The highest BCUT2D eigenvalue weighted by molar-refractivity contribution is 7.92. The first-order valence-electron chi connectivity index (χ1n) is 7.96. The first-order valence-corrected chi connectivity index (χ1v) is 9.89. The zero-order chi connectivity index (χ0) is 18.2. The average molecular weight is 387 g/mol. The van der Waals surface area contributed by atoms with Crippen molar-refractivity contribution in [2.75, 3.05) is 5.32 Å². The first kappa shape index (κ1) is 18.0. The molecule has 0 heterocycles. The Hall–Kier alpha value is -1.77. The molecule has 3 rings (SSSR count). The molecule has 2 aliphatic rings. The molecular formula is C16H19ClN2O5S. The molecule has 136 valence electrons. The lowest BCUT2D eigenvalue weighted by Gasteiger charge is -2.31. The molecular weight excluding hydrogens is 368 g/mol. The van der Waals surface area contributed by atoms with Crippen molar-refractivity contribution in [2.24, 2.45) is 0 Å². The molecule has 0 bridgehead atoms. The molecule has 9 heteroatoms. The number of carbonyl (C=O) groups excluding carboxylic acids is 1. The topological polar surface area (TPSA) is 116 Å². The number of aliphatic hydroxyl groups is 1. The summed E-state index contributed by atoms with van der Waals surface area (Å²) in [5.74, 6) is -0.592. The minimum atomic E-state index is -3.90. The molecule has 25 heavy (non-hydrogen) atoms. The number of hydrogen-bond donors (Lipinski definition) is 4. The van der Waals surface area contributed by atoms with Crippen LogP contribution in [-0.4, -0.2) is 42.1 Å². The normalized spacial score (nSPS) is 25.4. The second-order valence-electron chi connectivity index (χ2n) is 6.28. The number of urea groups is 1. The molecule has 1 aromatic rings. The number of aromatic hydroxyl groups is 1. The zero-order valence-corrected chi connectivity index (χ0v) is 14.8. The van der Waals surface area contributed by atoms with Gasteiger partial charge in [0.05, 0.1) is 22.1 Å². The molecule has 4 N–H and O–H groups in total. The lowest BCUT2D eigenvalue weighted by Crippen LogP contribution is -2.39. The summed E-state index contributed by atoms with van der Waals surface area (Å²) in [6, 6.07) is 2.02. The van der Waals surface area contributed by atoms with Crippen LogP contribution in [0.4, 0.5) is 10.5 Å². The van der Waals surface area contributed by atoms with Crippen LogP contribution in [0.2, 0.25) is 5.02 Å². The van der Waals surface area contributed by atoms with Gasteiger partial charge in [0, 0.05) is 6.04 Å². The molecule has 2 amide bonds. The van der Waals surface area contributed by atoms with E-state index in [0.29, 0.717) is 0 Å². The number of sulfone groups is 1. The summed E-state index contributed by atoms with van der Waals surface area (Å²) in [6.45, 7) is 0. The number of phenols is 1. The summed E-state index contributed by atoms with van der Waals surface area (Å²) in [6.07, 6.45) is 5.05. The maximum absolute atomic E-state index is 12.6. The fourth-order valence-corrected chi connectivity index (χ4v) is 5.43. The summed E-state index contributed by atoms with van der Waals surface area (Å²) in [7, 11) is -3.90. The number of carbonyl (C=O) groups is 1. The highest BCUT2D eigenvalue weighted by Gasteiger charge is 2.41. The molecule has 0 spiro atoms. The van der Waals surface area contributed by atoms with E-state index in [9.17, 15) is 23.4 Å². The van der Waals surface area contributed by atoms with Crippen LogP contribution in [0.5, 0.6) is 5.75 Å². The van der Waals surface area contributed by atoms with E-state index in [4.69, 9.17) is 11.6 Å². The molecule has 1 unspecified atom stereocenters. The monoisotopic (exact) mass is 386 g/mol. The van der Waals surface area contributed by atoms with Gasteiger partial charge in [-0.3, -0.25) is 0 Å². The fourth-order valence-electron chi connectivity index (χ4n) is 2.96. The van der Waals surface area contributed by atoms with Crippen molar-refractivity contribution < 1.29 is 23.4 Å². The van der Waals surface area contributed by atoms with Gasteiger partial charge in [0.25, 0.3) is 0 Å². The average Bonchev–Trinajstić information content (AvgIpc) is 2.99. The van der Waals surface area contributed by atoms with E-state index in [2.05, 4.69) is 10.6 Å². The third kappa shape index (κ3) is 3.61. The number of rotatable bonds is 4. The lowest BCUT2D eigenvalue weighted by molar-refractivity contribution is 0.0976. The van der Waals surface area contributed by atoms with Gasteiger partial charge >= 0.3 is 6.03 Å². The van der Waals surface area contributed by atoms with Crippen LogP contribution in [0.1, 0.15) is 25.7 Å². The third-order valence-corrected chi connectivity index (χ3v) is 7.13. The van der Waals surface area contributed by atoms with E-state index in [1.165, 1.54) is 12.1 Å². The number of halogens is 1. The number of nitrogens with one attached hydrogen (secondary N) is 2. The second-order valence-corrected chi connectivity index (χ2v) is 8.85. The Labute approximate surface area is 150 Å². The standard InChI is InChI=1S/C16H19ClN2O5S/c17-12-5-6-13(19-16(22)18-9-3-1-2-4-9)14(21)15(12)25(23,24)11-7-10(20)8-11/h1,3,5-6,9-11,20-21H,2,4,7-8H2,(H2,18,19,22). The number of aliphatic hydroxyl groups excluding tert-OH is 1. The van der Waals surface area contributed by atoms with Crippen LogP contribution in [0, 0.1) is 0 Å². The van der Waals surface area contributed by atoms with Crippen LogP contribution in [-0.2, 0) is 9.84 Å². The van der Waals surface area contributed by atoms with Crippen LogP contribution >= 0.6 is 11.6 Å². The molecule has 1 fully saturated rings. The Morgan fingerprint density at radius 3 is 2.60 bits per heavy atom. The van der Waals surface area contributed by atoms with Crippen molar-refractivity contribution in [3.8, 4) is 5.75 Å². The molecule has 0 radical (unpaired) electrons. The van der Waals surface area contributed by atoms with E-state index in [-0.39, 0.29) is 29.6 Å². The fraction of sp³-hybridized carbons (Fsp3) is 0.438. The quantitative estimate of drug-likeness (QED) is 0.467. The Balaban J connectivity index is 1.82.